The van der Waals surface area contributed by atoms with E-state index in [9.17, 15) is 26.3 Å². The number of alkyl halides is 6. The summed E-state index contributed by atoms with van der Waals surface area (Å²) in [6.45, 7) is 1.54. The fraction of sp³-hybridized carbons (Fsp3) is 0.208. The van der Waals surface area contributed by atoms with Crippen molar-refractivity contribution < 1.29 is 26.3 Å². The molecule has 0 unspecified atom stereocenters. The van der Waals surface area contributed by atoms with Gasteiger partial charge in [-0.2, -0.15) is 26.3 Å². The number of rotatable bonds is 6. The van der Waals surface area contributed by atoms with Gasteiger partial charge < -0.3 is 15.6 Å². The van der Waals surface area contributed by atoms with Crippen molar-refractivity contribution in [1.29, 1.82) is 0 Å². The topological polar surface area (TPSA) is 52.7 Å². The van der Waals surface area contributed by atoms with Crippen LogP contribution in [0.1, 0.15) is 22.4 Å². The molecule has 2 aromatic heterocycles. The molecular weight excluding hydrogens is 458 g/mol. The van der Waals surface area contributed by atoms with Gasteiger partial charge in [0.15, 0.2) is 0 Å². The summed E-state index contributed by atoms with van der Waals surface area (Å²) >= 11 is 0. The summed E-state index contributed by atoms with van der Waals surface area (Å²) in [5, 5.41) is 5.89. The molecule has 0 bridgehead atoms. The molecule has 4 aromatic rings. The molecule has 0 saturated heterocycles. The Morgan fingerprint density at radius 3 is 2.21 bits per heavy atom. The van der Waals surface area contributed by atoms with Crippen molar-refractivity contribution >= 4 is 28.0 Å². The summed E-state index contributed by atoms with van der Waals surface area (Å²) in [7, 11) is 0. The average Bonchev–Trinajstić information content (AvgIpc) is 3.16. The van der Waals surface area contributed by atoms with Crippen LogP contribution in [0, 0.1) is 6.92 Å². The number of H-pyrrole nitrogens is 1. The zero-order valence-electron chi connectivity index (χ0n) is 17.9. The Labute approximate surface area is 191 Å². The minimum Gasteiger partial charge on any atom is -0.384 e. The smallest absolute Gasteiger partial charge is 0.384 e. The van der Waals surface area contributed by atoms with Crippen LogP contribution in [0.15, 0.2) is 60.9 Å². The number of aromatic amines is 1. The fourth-order valence-electron chi connectivity index (χ4n) is 3.80. The summed E-state index contributed by atoms with van der Waals surface area (Å²) in [5.41, 5.74) is -1.59. The first-order chi connectivity index (χ1) is 16.0. The second-order valence-corrected chi connectivity index (χ2v) is 7.79. The van der Waals surface area contributed by atoms with Crippen LogP contribution < -0.4 is 10.6 Å². The number of fused-ring (bicyclic) bond motifs is 1. The molecule has 0 amide bonds. The highest BCUT2D eigenvalue weighted by Gasteiger charge is 2.41. The van der Waals surface area contributed by atoms with Gasteiger partial charge in [-0.3, -0.25) is 4.98 Å². The third-order valence-corrected chi connectivity index (χ3v) is 5.31. The van der Waals surface area contributed by atoms with Gasteiger partial charge in [0.1, 0.15) is 0 Å². The second-order valence-electron chi connectivity index (χ2n) is 7.79. The first-order valence-electron chi connectivity index (χ1n) is 10.3. The van der Waals surface area contributed by atoms with E-state index in [1.54, 1.807) is 13.1 Å². The highest BCUT2D eigenvalue weighted by molar-refractivity contribution is 5.83. The van der Waals surface area contributed by atoms with Gasteiger partial charge in [0, 0.05) is 46.9 Å². The molecule has 2 heterocycles. The van der Waals surface area contributed by atoms with E-state index in [-0.39, 0.29) is 18.7 Å². The first kappa shape index (κ1) is 23.5. The van der Waals surface area contributed by atoms with E-state index in [1.165, 1.54) is 18.3 Å². The van der Waals surface area contributed by atoms with Crippen molar-refractivity contribution in [1.82, 2.24) is 9.97 Å². The predicted octanol–water partition coefficient (Wildman–Crippen LogP) is 7.31. The molecule has 3 N–H and O–H groups in total. The summed E-state index contributed by atoms with van der Waals surface area (Å²) in [4.78, 5) is 7.01. The third kappa shape index (κ3) is 5.11. The maximum absolute atomic E-state index is 13.9. The molecule has 0 fully saturated rings. The SMILES string of the molecule is Cc1cc(Nc2cc(C(F)(F)F)c(NCCc3c[nH]c4ccccc34)c(C(F)(F)F)c2)ccn1. The lowest BCUT2D eigenvalue weighted by Crippen LogP contribution is -2.19. The highest BCUT2D eigenvalue weighted by Crippen LogP contribution is 2.45. The number of aromatic nitrogens is 2. The molecule has 0 aliphatic carbocycles. The number of hydrogen-bond donors (Lipinski definition) is 3. The Balaban J connectivity index is 1.68. The summed E-state index contributed by atoms with van der Waals surface area (Å²) in [6.07, 6.45) is -6.67. The molecule has 0 radical (unpaired) electrons. The van der Waals surface area contributed by atoms with Crippen molar-refractivity contribution in [2.24, 2.45) is 0 Å². The van der Waals surface area contributed by atoms with Crippen molar-refractivity contribution in [2.45, 2.75) is 25.7 Å². The molecule has 10 heteroatoms. The van der Waals surface area contributed by atoms with Crippen LogP contribution in [0.5, 0.6) is 0 Å². The fourth-order valence-corrected chi connectivity index (χ4v) is 3.80. The van der Waals surface area contributed by atoms with E-state index < -0.39 is 29.2 Å². The zero-order valence-corrected chi connectivity index (χ0v) is 17.9. The van der Waals surface area contributed by atoms with E-state index in [4.69, 9.17) is 0 Å². The van der Waals surface area contributed by atoms with Crippen molar-refractivity contribution in [2.75, 3.05) is 17.2 Å². The molecule has 0 saturated carbocycles. The van der Waals surface area contributed by atoms with E-state index in [0.717, 1.165) is 16.5 Å². The first-order valence-corrected chi connectivity index (χ1v) is 10.3. The van der Waals surface area contributed by atoms with Crippen LogP contribution in [0.3, 0.4) is 0 Å². The standard InChI is InChI=1S/C24H20F6N4/c1-14-10-16(7-9-31-14)34-17-11-19(23(25,26)27)22(20(12-17)24(28,29)30)32-8-6-15-13-33-21-5-3-2-4-18(15)21/h2-5,7,9-13,32-33H,6,8H2,1H3,(H,31,34). The summed E-state index contributed by atoms with van der Waals surface area (Å²) in [5.74, 6) is 0. The molecular formula is C24H20F6N4. The molecule has 2 aromatic carbocycles. The molecule has 0 atom stereocenters. The van der Waals surface area contributed by atoms with Gasteiger partial charge in [0.2, 0.25) is 0 Å². The highest BCUT2D eigenvalue weighted by atomic mass is 19.4. The lowest BCUT2D eigenvalue weighted by Gasteiger charge is -2.22. The quantitative estimate of drug-likeness (QED) is 0.255. The van der Waals surface area contributed by atoms with Crippen LogP contribution in [0.25, 0.3) is 10.9 Å². The Kier molecular flexibility index (Phi) is 6.16. The summed E-state index contributed by atoms with van der Waals surface area (Å²) in [6, 6.07) is 11.7. The Morgan fingerprint density at radius 2 is 1.56 bits per heavy atom. The maximum atomic E-state index is 13.9. The van der Waals surface area contributed by atoms with Gasteiger partial charge in [0.25, 0.3) is 0 Å². The van der Waals surface area contributed by atoms with Crippen LogP contribution in [0.2, 0.25) is 0 Å². The van der Waals surface area contributed by atoms with Crippen molar-refractivity contribution in [3.05, 3.63) is 83.3 Å². The van der Waals surface area contributed by atoms with Crippen molar-refractivity contribution in [3.63, 3.8) is 0 Å². The van der Waals surface area contributed by atoms with Gasteiger partial charge in [-0.25, -0.2) is 0 Å². The van der Waals surface area contributed by atoms with Crippen LogP contribution in [0.4, 0.5) is 43.4 Å². The normalized spacial score (nSPS) is 12.2. The number of nitrogens with zero attached hydrogens (tertiary/aromatic N) is 1. The number of aryl methyl sites for hydroxylation is 1. The number of halogens is 6. The van der Waals surface area contributed by atoms with Gasteiger partial charge in [-0.15, -0.1) is 0 Å². The molecule has 0 aliphatic heterocycles. The number of para-hydroxylation sites is 1. The average molecular weight is 478 g/mol. The molecule has 34 heavy (non-hydrogen) atoms. The van der Waals surface area contributed by atoms with E-state index in [1.807, 2.05) is 24.3 Å². The number of anilines is 3. The molecule has 4 rings (SSSR count). The monoisotopic (exact) mass is 478 g/mol. The third-order valence-electron chi connectivity index (χ3n) is 5.31. The number of hydrogen-bond acceptors (Lipinski definition) is 3. The molecule has 0 aliphatic rings. The minimum absolute atomic E-state index is 0.121. The number of nitrogens with one attached hydrogen (secondary N) is 3. The van der Waals surface area contributed by atoms with Crippen molar-refractivity contribution in [3.8, 4) is 0 Å². The van der Waals surface area contributed by atoms with E-state index >= 15 is 0 Å². The van der Waals surface area contributed by atoms with Gasteiger partial charge >= 0.3 is 12.4 Å². The lowest BCUT2D eigenvalue weighted by molar-refractivity contribution is -0.141. The van der Waals surface area contributed by atoms with Gasteiger partial charge in [-0.1, -0.05) is 18.2 Å². The van der Waals surface area contributed by atoms with Crippen LogP contribution in [-0.2, 0) is 18.8 Å². The molecule has 0 spiro atoms. The zero-order chi connectivity index (χ0) is 24.5. The van der Waals surface area contributed by atoms with Gasteiger partial charge in [-0.05, 0) is 49.2 Å². The van der Waals surface area contributed by atoms with Gasteiger partial charge in [0.05, 0.1) is 16.8 Å². The number of benzene rings is 2. The lowest BCUT2D eigenvalue weighted by atomic mass is 10.0. The molecule has 178 valence electrons. The van der Waals surface area contributed by atoms with Crippen LogP contribution >= 0.6 is 0 Å². The van der Waals surface area contributed by atoms with E-state index in [2.05, 4.69) is 20.6 Å². The molecule has 4 nitrogen and oxygen atoms in total. The Bertz CT molecular complexity index is 1270. The number of pyridine rings is 1. The largest absolute Gasteiger partial charge is 0.418 e. The Hall–Kier alpha value is -3.69. The van der Waals surface area contributed by atoms with E-state index in [0.29, 0.717) is 23.5 Å². The summed E-state index contributed by atoms with van der Waals surface area (Å²) < 4.78 is 83.1. The predicted molar refractivity (Wildman–Crippen MR) is 119 cm³/mol. The maximum Gasteiger partial charge on any atom is 0.418 e. The van der Waals surface area contributed by atoms with Crippen LogP contribution in [-0.4, -0.2) is 16.5 Å². The second kappa shape index (κ2) is 8.92. The Morgan fingerprint density at radius 1 is 0.882 bits per heavy atom. The minimum atomic E-state index is -5.00.